The van der Waals surface area contributed by atoms with E-state index in [0.29, 0.717) is 42.7 Å². The summed E-state index contributed by atoms with van der Waals surface area (Å²) in [4.78, 5) is 30.7. The van der Waals surface area contributed by atoms with E-state index in [1.807, 2.05) is 12.1 Å². The molecule has 1 amide bonds. The Balaban J connectivity index is 1.39. The number of rotatable bonds is 7. The number of anilines is 1. The number of halogens is 4. The topological polar surface area (TPSA) is 85.6 Å². The molecule has 1 saturated carbocycles. The molecule has 1 aromatic heterocycles. The summed E-state index contributed by atoms with van der Waals surface area (Å²) >= 11 is 10.4. The number of carbonyl (C=O) groups is 1. The summed E-state index contributed by atoms with van der Waals surface area (Å²) in [5.41, 5.74) is 1.49. The smallest absolute Gasteiger partial charge is 0.282 e. The number of nitrogens with one attached hydrogen (secondary N) is 1. The van der Waals surface area contributed by atoms with Crippen LogP contribution in [0.1, 0.15) is 49.4 Å². The van der Waals surface area contributed by atoms with Crippen molar-refractivity contribution in [1.29, 1.82) is 0 Å². The number of fused-ring (bicyclic) bond motifs is 1. The maximum atomic E-state index is 13.5. The van der Waals surface area contributed by atoms with Crippen LogP contribution in [0.25, 0.3) is 10.9 Å². The second-order valence-electron chi connectivity index (χ2n) is 9.49. The molecule has 0 unspecified atom stereocenters. The van der Waals surface area contributed by atoms with E-state index in [-0.39, 0.29) is 18.1 Å². The molecule has 1 fully saturated rings. The number of hydrogen-bond acceptors (Lipinski definition) is 5. The van der Waals surface area contributed by atoms with Crippen molar-refractivity contribution in [2.45, 2.75) is 38.0 Å². The van der Waals surface area contributed by atoms with Crippen LogP contribution in [0.3, 0.4) is 0 Å². The number of amides is 1. The van der Waals surface area contributed by atoms with Crippen LogP contribution in [-0.4, -0.2) is 28.4 Å². The fourth-order valence-electron chi connectivity index (χ4n) is 4.72. The number of nitrogens with zero attached hydrogens (tertiary/aromatic N) is 3. The first-order valence-electron chi connectivity index (χ1n) is 12.7. The van der Waals surface area contributed by atoms with E-state index in [4.69, 9.17) is 9.72 Å². The fourth-order valence-corrected chi connectivity index (χ4v) is 6.53. The van der Waals surface area contributed by atoms with E-state index in [1.54, 1.807) is 30.5 Å². The Morgan fingerprint density at radius 2 is 1.82 bits per heavy atom. The highest BCUT2D eigenvalue weighted by Crippen LogP contribution is 2.35. The molecule has 3 aromatic carbocycles. The molecule has 1 aliphatic carbocycles. The van der Waals surface area contributed by atoms with Gasteiger partial charge in [-0.2, -0.15) is 9.78 Å². The monoisotopic (exact) mass is 732 g/mol. The Bertz CT molecular complexity index is 1650. The van der Waals surface area contributed by atoms with Crippen LogP contribution >= 0.6 is 47.8 Å². The third-order valence-corrected chi connectivity index (χ3v) is 8.27. The number of aromatic nitrogens is 2. The normalized spacial score (nSPS) is 14.1. The minimum atomic E-state index is -0.443. The van der Waals surface area contributed by atoms with E-state index >= 15 is 0 Å². The molecule has 0 saturated heterocycles. The van der Waals surface area contributed by atoms with Crippen molar-refractivity contribution < 1.29 is 13.9 Å². The molecule has 11 heteroatoms. The summed E-state index contributed by atoms with van der Waals surface area (Å²) in [6.07, 6.45) is 6.94. The molecule has 0 atom stereocenters. The maximum absolute atomic E-state index is 13.5. The van der Waals surface area contributed by atoms with Crippen LogP contribution in [-0.2, 0) is 4.79 Å². The van der Waals surface area contributed by atoms with Crippen LogP contribution in [0, 0.1) is 5.82 Å². The van der Waals surface area contributed by atoms with Crippen LogP contribution in [0.4, 0.5) is 10.1 Å². The van der Waals surface area contributed by atoms with Gasteiger partial charge in [-0.3, -0.25) is 9.59 Å². The highest BCUT2D eigenvalue weighted by molar-refractivity contribution is 9.11. The van der Waals surface area contributed by atoms with Crippen molar-refractivity contribution in [3.63, 3.8) is 0 Å². The fraction of sp³-hybridized carbons (Fsp3) is 0.241. The van der Waals surface area contributed by atoms with E-state index in [9.17, 15) is 14.0 Å². The van der Waals surface area contributed by atoms with Gasteiger partial charge in [0.25, 0.3) is 11.5 Å². The first-order valence-corrected chi connectivity index (χ1v) is 15.1. The third kappa shape index (κ3) is 6.70. The van der Waals surface area contributed by atoms with Crippen LogP contribution < -0.4 is 15.6 Å². The highest BCUT2D eigenvalue weighted by atomic mass is 79.9. The minimum Gasteiger partial charge on any atom is -0.481 e. The standard InChI is InChI=1S/C29H24Br3FN4O3/c30-19-9-10-25-22(13-19)29(39)37(28(36-25)18-5-2-1-3-6-18)34-15-17-11-23(31)27(24(32)12-17)40-16-26(38)35-21-8-4-7-20(33)14-21/h4,7-15,18H,1-3,5-6,16H2,(H,35,38). The Morgan fingerprint density at radius 3 is 2.55 bits per heavy atom. The summed E-state index contributed by atoms with van der Waals surface area (Å²) in [5, 5.41) is 7.69. The molecule has 5 rings (SSSR count). The molecule has 1 N–H and O–H groups in total. The van der Waals surface area contributed by atoms with Crippen molar-refractivity contribution in [2.24, 2.45) is 5.10 Å². The average Bonchev–Trinajstić information content (AvgIpc) is 2.93. The van der Waals surface area contributed by atoms with Gasteiger partial charge < -0.3 is 10.1 Å². The van der Waals surface area contributed by atoms with Crippen molar-refractivity contribution in [3.05, 3.63) is 95.6 Å². The highest BCUT2D eigenvalue weighted by Gasteiger charge is 2.22. The van der Waals surface area contributed by atoms with Crippen molar-refractivity contribution in [2.75, 3.05) is 11.9 Å². The van der Waals surface area contributed by atoms with E-state index in [1.165, 1.54) is 29.3 Å². The lowest BCUT2D eigenvalue weighted by molar-refractivity contribution is -0.118. The van der Waals surface area contributed by atoms with Crippen molar-refractivity contribution in [1.82, 2.24) is 9.66 Å². The first kappa shape index (κ1) is 28.6. The zero-order chi connectivity index (χ0) is 28.2. The number of hydrogen-bond donors (Lipinski definition) is 1. The zero-order valence-corrected chi connectivity index (χ0v) is 25.9. The number of benzene rings is 3. The van der Waals surface area contributed by atoms with Crippen LogP contribution in [0.2, 0.25) is 0 Å². The largest absolute Gasteiger partial charge is 0.481 e. The predicted molar refractivity (Wildman–Crippen MR) is 165 cm³/mol. The summed E-state index contributed by atoms with van der Waals surface area (Å²) in [7, 11) is 0. The van der Waals surface area contributed by atoms with Gasteiger partial charge in [-0.15, -0.1) is 0 Å². The summed E-state index contributed by atoms with van der Waals surface area (Å²) < 4.78 is 22.5. The van der Waals surface area contributed by atoms with Gasteiger partial charge >= 0.3 is 0 Å². The lowest BCUT2D eigenvalue weighted by Gasteiger charge is -2.22. The van der Waals surface area contributed by atoms with Crippen molar-refractivity contribution in [3.8, 4) is 5.75 Å². The molecule has 4 aromatic rings. The quantitative estimate of drug-likeness (QED) is 0.197. The average molecular weight is 735 g/mol. The SMILES string of the molecule is O=C(COc1c(Br)cc(C=Nn2c(C3CCCCC3)nc3ccc(Br)cc3c2=O)cc1Br)Nc1cccc(F)c1. The van der Waals surface area contributed by atoms with E-state index in [0.717, 1.165) is 30.2 Å². The Kier molecular flexibility index (Phi) is 9.12. The molecule has 0 spiro atoms. The zero-order valence-electron chi connectivity index (χ0n) is 21.2. The van der Waals surface area contributed by atoms with Gasteiger partial charge in [-0.05, 0) is 98.8 Å². The van der Waals surface area contributed by atoms with Crippen LogP contribution in [0.15, 0.2) is 77.9 Å². The number of ether oxygens (including phenoxy) is 1. The van der Waals surface area contributed by atoms with E-state index in [2.05, 4.69) is 58.2 Å². The summed E-state index contributed by atoms with van der Waals surface area (Å²) in [5.74, 6) is 0.392. The predicted octanol–water partition coefficient (Wildman–Crippen LogP) is 7.77. The van der Waals surface area contributed by atoms with Gasteiger partial charge in [-0.25, -0.2) is 9.37 Å². The lowest BCUT2D eigenvalue weighted by atomic mass is 9.88. The first-order chi connectivity index (χ1) is 19.3. The molecular formula is C29H24Br3FN4O3. The van der Waals surface area contributed by atoms with E-state index < -0.39 is 11.7 Å². The van der Waals surface area contributed by atoms with Gasteiger partial charge in [0, 0.05) is 16.1 Å². The third-order valence-electron chi connectivity index (χ3n) is 6.60. The molecule has 206 valence electrons. The molecule has 1 aliphatic rings. The maximum Gasteiger partial charge on any atom is 0.282 e. The number of carbonyl (C=O) groups excluding carboxylic acids is 1. The van der Waals surface area contributed by atoms with Gasteiger partial charge in [0.2, 0.25) is 0 Å². The van der Waals surface area contributed by atoms with Gasteiger partial charge in [0.05, 0.1) is 26.1 Å². The van der Waals surface area contributed by atoms with Crippen molar-refractivity contribution >= 4 is 76.5 Å². The second kappa shape index (κ2) is 12.7. The molecule has 0 aliphatic heterocycles. The molecular weight excluding hydrogens is 711 g/mol. The Labute approximate surface area is 255 Å². The lowest BCUT2D eigenvalue weighted by Crippen LogP contribution is -2.25. The molecule has 0 bridgehead atoms. The summed E-state index contributed by atoms with van der Waals surface area (Å²) in [6.45, 7) is -0.278. The Morgan fingerprint density at radius 1 is 1.07 bits per heavy atom. The van der Waals surface area contributed by atoms with Gasteiger partial charge in [0.1, 0.15) is 17.4 Å². The second-order valence-corrected chi connectivity index (χ2v) is 12.1. The van der Waals surface area contributed by atoms with Gasteiger partial charge in [-0.1, -0.05) is 41.3 Å². The minimum absolute atomic E-state index is 0.166. The molecule has 0 radical (unpaired) electrons. The molecule has 1 heterocycles. The van der Waals surface area contributed by atoms with Gasteiger partial charge in [0.15, 0.2) is 6.61 Å². The molecule has 7 nitrogen and oxygen atoms in total. The molecule has 40 heavy (non-hydrogen) atoms. The Hall–Kier alpha value is -2.89. The summed E-state index contributed by atoms with van der Waals surface area (Å²) in [6, 6.07) is 14.7. The van der Waals surface area contributed by atoms with Crippen LogP contribution in [0.5, 0.6) is 5.75 Å².